The van der Waals surface area contributed by atoms with Crippen LogP contribution in [0.25, 0.3) is 5.69 Å². The number of aromatic nitrogens is 3. The van der Waals surface area contributed by atoms with E-state index < -0.39 is 0 Å². The molecule has 0 fully saturated rings. The number of benzene rings is 2. The summed E-state index contributed by atoms with van der Waals surface area (Å²) in [4.78, 5) is 0. The Hall–Kier alpha value is -2.98. The van der Waals surface area contributed by atoms with Crippen LogP contribution in [0.4, 0.5) is 0 Å². The Morgan fingerprint density at radius 2 is 1.77 bits per heavy atom. The first-order valence-corrected chi connectivity index (χ1v) is 8.92. The Kier molecular flexibility index (Phi) is 5.77. The molecule has 7 heteroatoms. The summed E-state index contributed by atoms with van der Waals surface area (Å²) >= 11 is 1.37. The second-order valence-electron chi connectivity index (χ2n) is 5.42. The number of para-hydroxylation sites is 1. The van der Waals surface area contributed by atoms with Crippen LogP contribution in [0.2, 0.25) is 0 Å². The average molecular weight is 366 g/mol. The number of methoxy groups -OCH3 is 1. The van der Waals surface area contributed by atoms with Crippen molar-refractivity contribution >= 4 is 11.8 Å². The lowest BCUT2D eigenvalue weighted by Gasteiger charge is -2.11. The van der Waals surface area contributed by atoms with Gasteiger partial charge >= 0.3 is 0 Å². The molecule has 1 heterocycles. The lowest BCUT2D eigenvalue weighted by Crippen LogP contribution is -2.07. The maximum absolute atomic E-state index is 9.10. The van der Waals surface area contributed by atoms with Crippen LogP contribution in [0.1, 0.15) is 12.7 Å². The van der Waals surface area contributed by atoms with Crippen LogP contribution in [0.15, 0.2) is 59.8 Å². The zero-order valence-electron chi connectivity index (χ0n) is 14.5. The van der Waals surface area contributed by atoms with Crippen LogP contribution in [0.5, 0.6) is 11.5 Å². The van der Waals surface area contributed by atoms with Crippen LogP contribution in [-0.4, -0.2) is 27.1 Å². The van der Waals surface area contributed by atoms with E-state index in [0.717, 1.165) is 11.4 Å². The molecule has 2 aromatic carbocycles. The van der Waals surface area contributed by atoms with Crippen LogP contribution in [0.3, 0.4) is 0 Å². The second kappa shape index (κ2) is 8.41. The van der Waals surface area contributed by atoms with Crippen molar-refractivity contribution < 1.29 is 9.47 Å². The Morgan fingerprint density at radius 1 is 1.08 bits per heavy atom. The molecule has 0 saturated carbocycles. The van der Waals surface area contributed by atoms with E-state index in [1.54, 1.807) is 7.11 Å². The van der Waals surface area contributed by atoms with E-state index >= 15 is 0 Å². The number of nitriles is 1. The highest BCUT2D eigenvalue weighted by molar-refractivity contribution is 8.00. The predicted octanol–water partition coefficient (Wildman–Crippen LogP) is 3.86. The molecule has 0 N–H and O–H groups in total. The molecule has 3 rings (SSSR count). The fourth-order valence-corrected chi connectivity index (χ4v) is 3.08. The predicted molar refractivity (Wildman–Crippen MR) is 99.6 cm³/mol. The van der Waals surface area contributed by atoms with E-state index in [1.807, 2.05) is 66.1 Å². The molecule has 6 nitrogen and oxygen atoms in total. The van der Waals surface area contributed by atoms with Crippen molar-refractivity contribution in [1.29, 1.82) is 5.26 Å². The molecule has 0 aliphatic carbocycles. The normalized spacial score (nSPS) is 11.6. The van der Waals surface area contributed by atoms with Gasteiger partial charge in [0.1, 0.15) is 18.1 Å². The van der Waals surface area contributed by atoms with E-state index in [9.17, 15) is 0 Å². The third-order valence-corrected chi connectivity index (χ3v) is 4.54. The molecule has 0 saturated heterocycles. The highest BCUT2D eigenvalue weighted by Gasteiger charge is 2.17. The monoisotopic (exact) mass is 366 g/mol. The van der Waals surface area contributed by atoms with Crippen molar-refractivity contribution in [3.8, 4) is 23.3 Å². The van der Waals surface area contributed by atoms with Crippen molar-refractivity contribution in [3.05, 3.63) is 60.4 Å². The van der Waals surface area contributed by atoms with Crippen LogP contribution >= 0.6 is 11.8 Å². The first-order chi connectivity index (χ1) is 12.7. The molecule has 132 valence electrons. The number of hydrogen-bond donors (Lipinski definition) is 0. The van der Waals surface area contributed by atoms with Gasteiger partial charge in [0.25, 0.3) is 0 Å². The van der Waals surface area contributed by atoms with Gasteiger partial charge in [0.05, 0.1) is 18.4 Å². The summed E-state index contributed by atoms with van der Waals surface area (Å²) in [6.45, 7) is 2.10. The first-order valence-electron chi connectivity index (χ1n) is 8.04. The molecule has 0 aliphatic rings. The summed E-state index contributed by atoms with van der Waals surface area (Å²) in [7, 11) is 1.62. The van der Waals surface area contributed by atoms with Gasteiger partial charge in [-0.1, -0.05) is 30.0 Å². The Labute approximate surface area is 156 Å². The highest BCUT2D eigenvalue weighted by Crippen LogP contribution is 2.26. The molecule has 1 atom stereocenters. The minimum atomic E-state index is -0.225. The Morgan fingerprint density at radius 3 is 2.42 bits per heavy atom. The van der Waals surface area contributed by atoms with E-state index in [4.69, 9.17) is 14.7 Å². The van der Waals surface area contributed by atoms with Gasteiger partial charge < -0.3 is 9.47 Å². The fraction of sp³-hybridized carbons (Fsp3) is 0.211. The largest absolute Gasteiger partial charge is 0.497 e. The smallest absolute Gasteiger partial charge is 0.197 e. The second-order valence-corrected chi connectivity index (χ2v) is 6.73. The minimum absolute atomic E-state index is 0.225. The van der Waals surface area contributed by atoms with Crippen LogP contribution in [-0.2, 0) is 6.61 Å². The third-order valence-electron chi connectivity index (χ3n) is 3.61. The van der Waals surface area contributed by atoms with Crippen molar-refractivity contribution in [3.63, 3.8) is 0 Å². The van der Waals surface area contributed by atoms with Gasteiger partial charge in [-0.2, -0.15) is 5.26 Å². The van der Waals surface area contributed by atoms with Crippen LogP contribution in [0, 0.1) is 11.3 Å². The number of ether oxygens (including phenoxy) is 2. The molecule has 0 unspecified atom stereocenters. The lowest BCUT2D eigenvalue weighted by molar-refractivity contribution is 0.292. The molecule has 1 aromatic heterocycles. The van der Waals surface area contributed by atoms with Crippen molar-refractivity contribution in [2.45, 2.75) is 23.9 Å². The third kappa shape index (κ3) is 4.16. The molecular weight excluding hydrogens is 348 g/mol. The fourth-order valence-electron chi connectivity index (χ4n) is 2.31. The van der Waals surface area contributed by atoms with Gasteiger partial charge in [-0.15, -0.1) is 10.2 Å². The molecule has 0 spiro atoms. The summed E-state index contributed by atoms with van der Waals surface area (Å²) in [5, 5.41) is 18.0. The lowest BCUT2D eigenvalue weighted by atomic mass is 10.3. The van der Waals surface area contributed by atoms with E-state index in [2.05, 4.69) is 16.3 Å². The number of thioether (sulfide) groups is 1. The van der Waals surface area contributed by atoms with Gasteiger partial charge in [0.15, 0.2) is 11.0 Å². The standard InChI is InChI=1S/C19H18N4O2S/c1-14(12-20)26-19-22-21-18(23(19)15-6-4-3-5-7-15)13-25-17-10-8-16(24-2)9-11-17/h3-11,14H,13H2,1-2H3/t14-/m0/s1. The van der Waals surface area contributed by atoms with Crippen molar-refractivity contribution in [2.75, 3.05) is 7.11 Å². The van der Waals surface area contributed by atoms with Gasteiger partial charge in [-0.25, -0.2) is 0 Å². The molecule has 3 aromatic rings. The summed E-state index contributed by atoms with van der Waals surface area (Å²) in [6, 6.07) is 19.4. The summed E-state index contributed by atoms with van der Waals surface area (Å²) in [6.07, 6.45) is 0. The van der Waals surface area contributed by atoms with Gasteiger partial charge in [-0.3, -0.25) is 4.57 Å². The topological polar surface area (TPSA) is 73.0 Å². The Balaban J connectivity index is 1.85. The summed E-state index contributed by atoms with van der Waals surface area (Å²) < 4.78 is 12.9. The number of nitrogens with zero attached hydrogens (tertiary/aromatic N) is 4. The number of rotatable bonds is 7. The highest BCUT2D eigenvalue weighted by atomic mass is 32.2. The van der Waals surface area contributed by atoms with Crippen molar-refractivity contribution in [2.24, 2.45) is 0 Å². The molecule has 0 amide bonds. The maximum atomic E-state index is 9.10. The molecule has 0 bridgehead atoms. The molecule has 0 radical (unpaired) electrons. The zero-order valence-corrected chi connectivity index (χ0v) is 15.3. The van der Waals surface area contributed by atoms with Gasteiger partial charge in [-0.05, 0) is 43.3 Å². The SMILES string of the molecule is COc1ccc(OCc2nnc(S[C@@H](C)C#N)n2-c2ccccc2)cc1. The minimum Gasteiger partial charge on any atom is -0.497 e. The van der Waals surface area contributed by atoms with E-state index in [0.29, 0.717) is 16.7 Å². The quantitative estimate of drug-likeness (QED) is 0.591. The molecular formula is C19H18N4O2S. The van der Waals surface area contributed by atoms with Crippen LogP contribution < -0.4 is 9.47 Å². The molecule has 0 aliphatic heterocycles. The van der Waals surface area contributed by atoms with Gasteiger partial charge in [0, 0.05) is 5.69 Å². The Bertz CT molecular complexity index is 888. The number of hydrogen-bond acceptors (Lipinski definition) is 6. The van der Waals surface area contributed by atoms with Gasteiger partial charge in [0.2, 0.25) is 0 Å². The summed E-state index contributed by atoms with van der Waals surface area (Å²) in [5.41, 5.74) is 0.929. The molecule has 26 heavy (non-hydrogen) atoms. The van der Waals surface area contributed by atoms with E-state index in [1.165, 1.54) is 11.8 Å². The zero-order chi connectivity index (χ0) is 18.4. The average Bonchev–Trinajstić information content (AvgIpc) is 3.09. The van der Waals surface area contributed by atoms with E-state index in [-0.39, 0.29) is 11.9 Å². The maximum Gasteiger partial charge on any atom is 0.197 e. The first kappa shape index (κ1) is 17.8. The summed E-state index contributed by atoms with van der Waals surface area (Å²) in [5.74, 6) is 2.15. The van der Waals surface area contributed by atoms with Crippen molar-refractivity contribution in [1.82, 2.24) is 14.8 Å².